The first-order chi connectivity index (χ1) is 16.8. The van der Waals surface area contributed by atoms with Crippen LogP contribution < -0.4 is 22.0 Å². The first-order valence-corrected chi connectivity index (χ1v) is 12.4. The summed E-state index contributed by atoms with van der Waals surface area (Å²) in [4.78, 5) is 46.0. The third-order valence-electron chi connectivity index (χ3n) is 5.33. The number of hydrogen-bond donors (Lipinski definition) is 2. The summed E-state index contributed by atoms with van der Waals surface area (Å²) in [5.41, 5.74) is 1.29. The molecule has 0 radical (unpaired) electrons. The van der Waals surface area contributed by atoms with E-state index in [9.17, 15) is 14.4 Å². The molecule has 182 valence electrons. The van der Waals surface area contributed by atoms with Gasteiger partial charge < -0.3 is 10.6 Å². The summed E-state index contributed by atoms with van der Waals surface area (Å²) in [7, 11) is 0. The molecule has 0 unspecified atom stereocenters. The lowest BCUT2D eigenvalue weighted by Gasteiger charge is -2.16. The van der Waals surface area contributed by atoms with Gasteiger partial charge in [-0.25, -0.2) is 19.1 Å². The molecule has 0 saturated heterocycles. The second kappa shape index (κ2) is 10.8. The van der Waals surface area contributed by atoms with Gasteiger partial charge in [0, 0.05) is 30.7 Å². The molecule has 0 aliphatic rings. The zero-order chi connectivity index (χ0) is 24.9. The highest BCUT2D eigenvalue weighted by molar-refractivity contribution is 7.18. The molecule has 9 nitrogen and oxygen atoms in total. The Hall–Kier alpha value is -3.50. The number of fused-ring (bicyclic) bond motifs is 1. The highest BCUT2D eigenvalue weighted by atomic mass is 35.5. The Morgan fingerprint density at radius 2 is 1.86 bits per heavy atom. The summed E-state index contributed by atoms with van der Waals surface area (Å²) in [5, 5.41) is 7.44. The number of amides is 1. The fourth-order valence-corrected chi connectivity index (χ4v) is 4.64. The van der Waals surface area contributed by atoms with Crippen molar-refractivity contribution in [2.45, 2.75) is 39.8 Å². The SMILES string of the molecule is CCc1nc2ccc(Nc3nc(=O)n(CCCNC(C)=O)c(=O)n3Cc3ccc(Cl)cc3)cc2s1. The number of rotatable bonds is 9. The molecule has 4 rings (SSSR count). The number of anilines is 2. The molecule has 0 aliphatic heterocycles. The first-order valence-electron chi connectivity index (χ1n) is 11.2. The monoisotopic (exact) mass is 512 g/mol. The second-order valence-electron chi connectivity index (χ2n) is 7.97. The third-order valence-corrected chi connectivity index (χ3v) is 6.74. The zero-order valence-corrected chi connectivity index (χ0v) is 20.9. The topological polar surface area (TPSA) is 111 Å². The van der Waals surface area contributed by atoms with Crippen LogP contribution in [0.4, 0.5) is 11.6 Å². The molecule has 1 amide bonds. The first kappa shape index (κ1) is 24.6. The molecule has 0 spiro atoms. The van der Waals surface area contributed by atoms with E-state index in [1.54, 1.807) is 23.5 Å². The minimum atomic E-state index is -0.653. The van der Waals surface area contributed by atoms with E-state index in [-0.39, 0.29) is 24.9 Å². The van der Waals surface area contributed by atoms with E-state index in [1.807, 2.05) is 30.3 Å². The second-order valence-corrected chi connectivity index (χ2v) is 9.52. The van der Waals surface area contributed by atoms with Crippen LogP contribution in [-0.4, -0.2) is 31.6 Å². The van der Waals surface area contributed by atoms with Crippen molar-refractivity contribution in [3.05, 3.63) is 79.0 Å². The quantitative estimate of drug-likeness (QED) is 0.332. The molecular weight excluding hydrogens is 488 g/mol. The van der Waals surface area contributed by atoms with Crippen molar-refractivity contribution < 1.29 is 4.79 Å². The van der Waals surface area contributed by atoms with Gasteiger partial charge in [0.05, 0.1) is 21.8 Å². The number of carbonyl (C=O) groups excluding carboxylic acids is 1. The number of hydrogen-bond acceptors (Lipinski definition) is 7. The zero-order valence-electron chi connectivity index (χ0n) is 19.4. The fourth-order valence-electron chi connectivity index (χ4n) is 3.56. The minimum absolute atomic E-state index is 0.137. The van der Waals surface area contributed by atoms with E-state index in [2.05, 4.69) is 27.5 Å². The number of aromatic nitrogens is 4. The van der Waals surface area contributed by atoms with Crippen LogP contribution in [0, 0.1) is 0 Å². The van der Waals surface area contributed by atoms with Crippen LogP contribution in [0.1, 0.15) is 30.8 Å². The average molecular weight is 513 g/mol. The fraction of sp³-hybridized carbons (Fsp3) is 0.292. The van der Waals surface area contributed by atoms with E-state index in [0.717, 1.165) is 31.8 Å². The van der Waals surface area contributed by atoms with Gasteiger partial charge in [-0.2, -0.15) is 4.98 Å². The van der Waals surface area contributed by atoms with Crippen molar-refractivity contribution in [3.8, 4) is 0 Å². The Bertz CT molecular complexity index is 1480. The summed E-state index contributed by atoms with van der Waals surface area (Å²) in [5.74, 6) is -0.0215. The maximum Gasteiger partial charge on any atom is 0.354 e. The maximum atomic E-state index is 13.4. The van der Waals surface area contributed by atoms with Crippen molar-refractivity contribution in [2.75, 3.05) is 11.9 Å². The number of carbonyl (C=O) groups is 1. The third kappa shape index (κ3) is 5.95. The van der Waals surface area contributed by atoms with Crippen LogP contribution in [0.5, 0.6) is 0 Å². The van der Waals surface area contributed by atoms with Gasteiger partial charge in [0.15, 0.2) is 0 Å². The van der Waals surface area contributed by atoms with Crippen molar-refractivity contribution in [1.82, 2.24) is 24.4 Å². The summed E-state index contributed by atoms with van der Waals surface area (Å²) in [6.07, 6.45) is 1.27. The number of benzene rings is 2. The van der Waals surface area contributed by atoms with Gasteiger partial charge in [-0.15, -0.1) is 11.3 Å². The van der Waals surface area contributed by atoms with Gasteiger partial charge in [0.25, 0.3) is 0 Å². The Morgan fingerprint density at radius 1 is 1.09 bits per heavy atom. The highest BCUT2D eigenvalue weighted by Gasteiger charge is 2.15. The summed E-state index contributed by atoms with van der Waals surface area (Å²) in [6.45, 7) is 4.16. The molecule has 2 aromatic heterocycles. The van der Waals surface area contributed by atoms with Crippen LogP contribution in [-0.2, 0) is 24.3 Å². The average Bonchev–Trinajstić information content (AvgIpc) is 3.24. The van der Waals surface area contributed by atoms with E-state index in [4.69, 9.17) is 11.6 Å². The Morgan fingerprint density at radius 3 is 2.57 bits per heavy atom. The van der Waals surface area contributed by atoms with Crippen molar-refractivity contribution in [1.29, 1.82) is 0 Å². The van der Waals surface area contributed by atoms with Gasteiger partial charge in [-0.3, -0.25) is 9.36 Å². The van der Waals surface area contributed by atoms with Crippen LogP contribution in [0.15, 0.2) is 52.1 Å². The Labute approximate surface area is 210 Å². The smallest absolute Gasteiger partial charge is 0.354 e. The minimum Gasteiger partial charge on any atom is -0.356 e. The Kier molecular flexibility index (Phi) is 7.62. The van der Waals surface area contributed by atoms with Gasteiger partial charge in [0.2, 0.25) is 11.9 Å². The summed E-state index contributed by atoms with van der Waals surface area (Å²) in [6, 6.07) is 12.8. The van der Waals surface area contributed by atoms with Gasteiger partial charge in [-0.05, 0) is 48.7 Å². The molecule has 0 fully saturated rings. The van der Waals surface area contributed by atoms with Crippen LogP contribution in [0.25, 0.3) is 10.2 Å². The molecule has 2 heterocycles. The van der Waals surface area contributed by atoms with E-state index in [1.165, 1.54) is 11.5 Å². The molecule has 11 heteroatoms. The predicted molar refractivity (Wildman–Crippen MR) is 139 cm³/mol. The number of nitrogens with one attached hydrogen (secondary N) is 2. The van der Waals surface area contributed by atoms with Crippen molar-refractivity contribution in [3.63, 3.8) is 0 Å². The van der Waals surface area contributed by atoms with Gasteiger partial charge >= 0.3 is 11.4 Å². The van der Waals surface area contributed by atoms with Crippen LogP contribution in [0.2, 0.25) is 5.02 Å². The molecule has 2 N–H and O–H groups in total. The molecule has 4 aromatic rings. The maximum absolute atomic E-state index is 13.4. The van der Waals surface area contributed by atoms with E-state index in [0.29, 0.717) is 23.7 Å². The number of nitrogens with zero attached hydrogens (tertiary/aromatic N) is 4. The summed E-state index contributed by atoms with van der Waals surface area (Å²) < 4.78 is 3.52. The predicted octanol–water partition coefficient (Wildman–Crippen LogP) is 3.55. The highest BCUT2D eigenvalue weighted by Crippen LogP contribution is 2.26. The molecule has 0 bridgehead atoms. The van der Waals surface area contributed by atoms with Crippen molar-refractivity contribution >= 4 is 50.7 Å². The summed E-state index contributed by atoms with van der Waals surface area (Å²) >= 11 is 7.61. The number of thiazole rings is 1. The standard InChI is InChI=1S/C24H25ClN6O3S/c1-3-21-28-19-10-9-18(13-20(19)35-21)27-22-29-23(33)30(12-4-11-26-15(2)32)24(34)31(22)14-16-5-7-17(25)8-6-16/h5-10,13H,3-4,11-12,14H2,1-2H3,(H,26,32)(H,27,29,33). The molecular formula is C24H25ClN6O3S. The largest absolute Gasteiger partial charge is 0.356 e. The molecule has 35 heavy (non-hydrogen) atoms. The van der Waals surface area contributed by atoms with Gasteiger partial charge in [-0.1, -0.05) is 30.7 Å². The van der Waals surface area contributed by atoms with Crippen molar-refractivity contribution in [2.24, 2.45) is 0 Å². The number of halogens is 1. The van der Waals surface area contributed by atoms with Gasteiger partial charge in [0.1, 0.15) is 0 Å². The Balaban J connectivity index is 1.70. The van der Waals surface area contributed by atoms with Crippen LogP contribution >= 0.6 is 22.9 Å². The lowest BCUT2D eigenvalue weighted by Crippen LogP contribution is -2.43. The number of aryl methyl sites for hydroxylation is 1. The molecule has 0 atom stereocenters. The lowest BCUT2D eigenvalue weighted by molar-refractivity contribution is -0.118. The van der Waals surface area contributed by atoms with E-state index < -0.39 is 11.4 Å². The molecule has 0 saturated carbocycles. The lowest BCUT2D eigenvalue weighted by atomic mass is 10.2. The molecule has 0 aliphatic carbocycles. The normalized spacial score (nSPS) is 11.1. The van der Waals surface area contributed by atoms with E-state index >= 15 is 0 Å². The molecule has 2 aromatic carbocycles. The van der Waals surface area contributed by atoms with Crippen LogP contribution in [0.3, 0.4) is 0 Å².